The monoisotopic (exact) mass is 233 g/mol. The van der Waals surface area contributed by atoms with Gasteiger partial charge in [0.15, 0.2) is 0 Å². The third-order valence-electron chi connectivity index (χ3n) is 3.62. The maximum Gasteiger partial charge on any atom is 0.323 e. The fourth-order valence-electron chi connectivity index (χ4n) is 2.05. The lowest BCUT2D eigenvalue weighted by molar-refractivity contribution is -0.145. The van der Waals surface area contributed by atoms with Crippen LogP contribution in [0.4, 0.5) is 0 Å². The lowest BCUT2D eigenvalue weighted by Gasteiger charge is -2.26. The number of nitrogens with one attached hydrogen (secondary N) is 1. The van der Waals surface area contributed by atoms with Crippen LogP contribution in [-0.2, 0) is 11.3 Å². The van der Waals surface area contributed by atoms with Gasteiger partial charge in [-0.15, -0.1) is 0 Å². The zero-order valence-electron chi connectivity index (χ0n) is 10.4. The van der Waals surface area contributed by atoms with Crippen LogP contribution < -0.4 is 5.32 Å². The van der Waals surface area contributed by atoms with Crippen LogP contribution in [0.1, 0.15) is 30.9 Å². The highest BCUT2D eigenvalue weighted by molar-refractivity contribution is 5.79. The van der Waals surface area contributed by atoms with Crippen LogP contribution in [-0.4, -0.2) is 16.6 Å². The second-order valence-electron chi connectivity index (χ2n) is 5.12. The molecule has 3 heteroatoms. The Hall–Kier alpha value is -1.35. The van der Waals surface area contributed by atoms with Crippen LogP contribution in [0.3, 0.4) is 0 Å². The highest BCUT2D eigenvalue weighted by atomic mass is 16.4. The van der Waals surface area contributed by atoms with Gasteiger partial charge in [0.25, 0.3) is 0 Å². The molecular formula is C14H19NO2. The number of aliphatic carboxylic acids is 1. The first-order chi connectivity index (χ1) is 8.02. The van der Waals surface area contributed by atoms with Gasteiger partial charge < -0.3 is 5.11 Å². The Morgan fingerprint density at radius 3 is 2.47 bits per heavy atom. The first-order valence-corrected chi connectivity index (χ1v) is 6.06. The molecule has 17 heavy (non-hydrogen) atoms. The van der Waals surface area contributed by atoms with Gasteiger partial charge >= 0.3 is 5.97 Å². The molecule has 0 heterocycles. The molecule has 2 rings (SSSR count). The quantitative estimate of drug-likeness (QED) is 0.820. The first kappa shape index (κ1) is 12.1. The molecule has 1 aromatic rings. The normalized spacial score (nSPS) is 18.7. The Morgan fingerprint density at radius 1 is 1.41 bits per heavy atom. The Kier molecular flexibility index (Phi) is 3.20. The number of hydrogen-bond acceptors (Lipinski definition) is 2. The van der Waals surface area contributed by atoms with Crippen molar-refractivity contribution in [2.45, 2.75) is 38.8 Å². The highest BCUT2D eigenvalue weighted by Crippen LogP contribution is 2.39. The Bertz CT molecular complexity index is 409. The van der Waals surface area contributed by atoms with Crippen molar-refractivity contribution in [3.63, 3.8) is 0 Å². The molecule has 0 bridgehead atoms. The third kappa shape index (κ3) is 2.67. The summed E-state index contributed by atoms with van der Waals surface area (Å²) >= 11 is 0. The number of carbonyl (C=O) groups is 1. The second-order valence-corrected chi connectivity index (χ2v) is 5.12. The summed E-state index contributed by atoms with van der Waals surface area (Å²) in [5.74, 6) is -0.461. The average molecular weight is 233 g/mol. The van der Waals surface area contributed by atoms with Crippen molar-refractivity contribution >= 4 is 5.97 Å². The SMILES string of the molecule is Cc1ccc(CNC(C)(C(=O)O)C2CC2)cc1. The maximum absolute atomic E-state index is 11.3. The summed E-state index contributed by atoms with van der Waals surface area (Å²) in [4.78, 5) is 11.3. The fraction of sp³-hybridized carbons (Fsp3) is 0.500. The molecule has 0 aromatic heterocycles. The first-order valence-electron chi connectivity index (χ1n) is 6.06. The molecule has 1 unspecified atom stereocenters. The largest absolute Gasteiger partial charge is 0.480 e. The van der Waals surface area contributed by atoms with Gasteiger partial charge in [-0.25, -0.2) is 0 Å². The molecule has 3 nitrogen and oxygen atoms in total. The van der Waals surface area contributed by atoms with Crippen molar-refractivity contribution in [3.8, 4) is 0 Å². The van der Waals surface area contributed by atoms with Crippen LogP contribution in [0.2, 0.25) is 0 Å². The van der Waals surface area contributed by atoms with Crippen molar-refractivity contribution in [2.75, 3.05) is 0 Å². The predicted molar refractivity (Wildman–Crippen MR) is 66.8 cm³/mol. The van der Waals surface area contributed by atoms with Gasteiger partial charge in [-0.05, 0) is 38.2 Å². The summed E-state index contributed by atoms with van der Waals surface area (Å²) < 4.78 is 0. The zero-order chi connectivity index (χ0) is 12.5. The second kappa shape index (κ2) is 4.49. The molecule has 1 aromatic carbocycles. The number of carboxylic acids is 1. The van der Waals surface area contributed by atoms with Crippen molar-refractivity contribution in [1.82, 2.24) is 5.32 Å². The molecule has 1 fully saturated rings. The molecule has 1 saturated carbocycles. The maximum atomic E-state index is 11.3. The number of hydrogen-bond donors (Lipinski definition) is 2. The lowest BCUT2D eigenvalue weighted by atomic mass is 9.95. The summed E-state index contributed by atoms with van der Waals surface area (Å²) in [6.45, 7) is 4.45. The molecule has 2 N–H and O–H groups in total. The molecular weight excluding hydrogens is 214 g/mol. The standard InChI is InChI=1S/C14H19NO2/c1-10-3-5-11(6-4-10)9-15-14(2,13(16)17)12-7-8-12/h3-6,12,15H,7-9H2,1-2H3,(H,16,17). The van der Waals surface area contributed by atoms with Gasteiger partial charge in [-0.1, -0.05) is 29.8 Å². The number of rotatable bonds is 5. The van der Waals surface area contributed by atoms with Crippen LogP contribution in [0.25, 0.3) is 0 Å². The topological polar surface area (TPSA) is 49.3 Å². The molecule has 92 valence electrons. The number of carboxylic acid groups (broad SMARTS) is 1. The lowest BCUT2D eigenvalue weighted by Crippen LogP contribution is -2.51. The van der Waals surface area contributed by atoms with E-state index < -0.39 is 11.5 Å². The minimum absolute atomic E-state index is 0.283. The molecule has 0 aliphatic heterocycles. The average Bonchev–Trinajstić information content (AvgIpc) is 3.11. The molecule has 0 radical (unpaired) electrons. The van der Waals surface area contributed by atoms with Crippen LogP contribution >= 0.6 is 0 Å². The number of benzene rings is 1. The van der Waals surface area contributed by atoms with Gasteiger partial charge in [0.1, 0.15) is 5.54 Å². The molecule has 0 amide bonds. The van der Waals surface area contributed by atoms with Crippen LogP contribution in [0, 0.1) is 12.8 Å². The van der Waals surface area contributed by atoms with E-state index in [1.807, 2.05) is 31.2 Å². The highest BCUT2D eigenvalue weighted by Gasteiger charge is 2.46. The van der Waals surface area contributed by atoms with Crippen LogP contribution in [0.5, 0.6) is 0 Å². The third-order valence-corrected chi connectivity index (χ3v) is 3.62. The Morgan fingerprint density at radius 2 is 2.00 bits per heavy atom. The summed E-state index contributed by atoms with van der Waals surface area (Å²) in [5.41, 5.74) is 1.57. The summed E-state index contributed by atoms with van der Waals surface area (Å²) in [6.07, 6.45) is 2.04. The van der Waals surface area contributed by atoms with Gasteiger partial charge in [0, 0.05) is 6.54 Å². The van der Waals surface area contributed by atoms with E-state index >= 15 is 0 Å². The Balaban J connectivity index is 2.00. The van der Waals surface area contributed by atoms with E-state index in [0.29, 0.717) is 6.54 Å². The van der Waals surface area contributed by atoms with E-state index in [1.165, 1.54) is 5.56 Å². The van der Waals surface area contributed by atoms with E-state index in [-0.39, 0.29) is 5.92 Å². The zero-order valence-corrected chi connectivity index (χ0v) is 10.4. The minimum atomic E-state index is -0.773. The van der Waals surface area contributed by atoms with E-state index in [1.54, 1.807) is 6.92 Å². The van der Waals surface area contributed by atoms with Crippen molar-refractivity contribution < 1.29 is 9.90 Å². The Labute approximate surface area is 102 Å². The summed E-state index contributed by atoms with van der Waals surface area (Å²) in [5, 5.41) is 12.5. The van der Waals surface area contributed by atoms with Gasteiger partial charge in [-0.3, -0.25) is 10.1 Å². The van der Waals surface area contributed by atoms with Crippen LogP contribution in [0.15, 0.2) is 24.3 Å². The molecule has 1 atom stereocenters. The van der Waals surface area contributed by atoms with Gasteiger partial charge in [0.05, 0.1) is 0 Å². The summed E-state index contributed by atoms with van der Waals surface area (Å²) in [6, 6.07) is 8.17. The molecule has 0 saturated heterocycles. The number of aryl methyl sites for hydroxylation is 1. The molecule has 1 aliphatic rings. The summed E-state index contributed by atoms with van der Waals surface area (Å²) in [7, 11) is 0. The van der Waals surface area contributed by atoms with Gasteiger partial charge in [-0.2, -0.15) is 0 Å². The van der Waals surface area contributed by atoms with Gasteiger partial charge in [0.2, 0.25) is 0 Å². The molecule has 0 spiro atoms. The van der Waals surface area contributed by atoms with Crippen molar-refractivity contribution in [1.29, 1.82) is 0 Å². The smallest absolute Gasteiger partial charge is 0.323 e. The van der Waals surface area contributed by atoms with Crippen molar-refractivity contribution in [2.24, 2.45) is 5.92 Å². The van der Waals surface area contributed by atoms with E-state index in [2.05, 4.69) is 5.32 Å². The molecule has 1 aliphatic carbocycles. The van der Waals surface area contributed by atoms with E-state index in [0.717, 1.165) is 18.4 Å². The van der Waals surface area contributed by atoms with E-state index in [9.17, 15) is 9.90 Å². The predicted octanol–water partition coefficient (Wildman–Crippen LogP) is 2.34. The minimum Gasteiger partial charge on any atom is -0.480 e. The fourth-order valence-corrected chi connectivity index (χ4v) is 2.05. The van der Waals surface area contributed by atoms with Crippen molar-refractivity contribution in [3.05, 3.63) is 35.4 Å². The van der Waals surface area contributed by atoms with E-state index in [4.69, 9.17) is 0 Å².